The van der Waals surface area contributed by atoms with Crippen molar-refractivity contribution in [2.45, 2.75) is 52.4 Å². The van der Waals surface area contributed by atoms with Crippen molar-refractivity contribution in [1.82, 2.24) is 0 Å². The van der Waals surface area contributed by atoms with Crippen LogP contribution in [0.4, 0.5) is 0 Å². The second kappa shape index (κ2) is 9.22. The van der Waals surface area contributed by atoms with E-state index in [9.17, 15) is 4.79 Å². The molecule has 160 valence electrons. The molecule has 0 atom stereocenters. The number of allylic oxidation sites excluding steroid dienone is 2. The Hall–Kier alpha value is -3.04. The van der Waals surface area contributed by atoms with E-state index in [1.165, 1.54) is 20.3 Å². The van der Waals surface area contributed by atoms with Crippen LogP contribution in [0.3, 0.4) is 0 Å². The van der Waals surface area contributed by atoms with E-state index in [2.05, 4.69) is 78.9 Å². The van der Waals surface area contributed by atoms with Gasteiger partial charge in [0.25, 0.3) is 0 Å². The van der Waals surface area contributed by atoms with Gasteiger partial charge in [0.05, 0.1) is 16.5 Å². The van der Waals surface area contributed by atoms with Crippen molar-refractivity contribution in [2.75, 3.05) is 0 Å². The van der Waals surface area contributed by atoms with Crippen molar-refractivity contribution < 1.29 is 9.53 Å². The number of rotatable bonds is 6. The van der Waals surface area contributed by atoms with E-state index in [1.54, 1.807) is 0 Å². The Morgan fingerprint density at radius 1 is 0.750 bits per heavy atom. The van der Waals surface area contributed by atoms with Crippen LogP contribution in [0.5, 0.6) is 0 Å². The van der Waals surface area contributed by atoms with Crippen molar-refractivity contribution in [1.29, 1.82) is 0 Å². The van der Waals surface area contributed by atoms with E-state index in [-0.39, 0.29) is 16.9 Å². The first-order valence-electron chi connectivity index (χ1n) is 11.3. The monoisotopic (exact) mass is 439 g/mol. The van der Waals surface area contributed by atoms with Crippen LogP contribution in [0.2, 0.25) is 0 Å². The van der Waals surface area contributed by atoms with Gasteiger partial charge in [-0.05, 0) is 86.2 Å². The summed E-state index contributed by atoms with van der Waals surface area (Å²) in [6.45, 7) is 0. The molecular formula is C29H27O2S+. The molecule has 0 N–H and O–H groups in total. The summed E-state index contributed by atoms with van der Waals surface area (Å²) in [5.41, 5.74) is 1.35. The van der Waals surface area contributed by atoms with Crippen molar-refractivity contribution in [3.63, 3.8) is 0 Å². The molecule has 32 heavy (non-hydrogen) atoms. The molecule has 2 aliphatic carbocycles. The fourth-order valence-corrected chi connectivity index (χ4v) is 6.76. The molecule has 0 amide bonds. The van der Waals surface area contributed by atoms with E-state index in [1.807, 2.05) is 24.3 Å². The fourth-order valence-electron chi connectivity index (χ4n) is 4.68. The third-order valence-electron chi connectivity index (χ3n) is 6.28. The minimum Gasteiger partial charge on any atom is -0.451 e. The van der Waals surface area contributed by atoms with Crippen LogP contribution in [-0.4, -0.2) is 11.6 Å². The summed E-state index contributed by atoms with van der Waals surface area (Å²) in [5, 5.41) is 0. The fraction of sp³-hybridized carbons (Fsp3) is 0.207. The second-order valence-corrected chi connectivity index (χ2v) is 10.4. The first-order chi connectivity index (χ1) is 15.8. The predicted octanol–water partition coefficient (Wildman–Crippen LogP) is 7.14. The Kier molecular flexibility index (Phi) is 6.00. The van der Waals surface area contributed by atoms with Gasteiger partial charge in [-0.1, -0.05) is 54.6 Å². The first kappa shape index (κ1) is 20.8. The molecule has 0 bridgehead atoms. The number of esters is 1. The highest BCUT2D eigenvalue weighted by Gasteiger charge is 2.41. The molecule has 0 aromatic heterocycles. The molecule has 0 aliphatic heterocycles. The van der Waals surface area contributed by atoms with Gasteiger partial charge in [0.15, 0.2) is 14.7 Å². The van der Waals surface area contributed by atoms with Crippen LogP contribution < -0.4 is 0 Å². The summed E-state index contributed by atoms with van der Waals surface area (Å²) >= 11 is 0. The highest BCUT2D eigenvalue weighted by molar-refractivity contribution is 7.97. The van der Waals surface area contributed by atoms with Gasteiger partial charge in [-0.25, -0.2) is 4.79 Å². The number of ether oxygens (including phenoxy) is 1. The van der Waals surface area contributed by atoms with Gasteiger partial charge in [-0.2, -0.15) is 0 Å². The van der Waals surface area contributed by atoms with Gasteiger partial charge >= 0.3 is 5.97 Å². The topological polar surface area (TPSA) is 26.3 Å². The SMILES string of the molecule is O=C(OC1(C2=CCC=C2)CCCC1)c1ccc([S+](c2ccccc2)c2ccccc2)cc1. The molecule has 3 aromatic rings. The zero-order chi connectivity index (χ0) is 21.8. The normalized spacial score (nSPS) is 16.8. The van der Waals surface area contributed by atoms with E-state index >= 15 is 0 Å². The second-order valence-electron chi connectivity index (χ2n) is 8.35. The van der Waals surface area contributed by atoms with Crippen molar-refractivity contribution >= 4 is 16.9 Å². The lowest BCUT2D eigenvalue weighted by Crippen LogP contribution is -2.33. The van der Waals surface area contributed by atoms with Gasteiger partial charge < -0.3 is 4.74 Å². The highest BCUT2D eigenvalue weighted by Crippen LogP contribution is 2.42. The van der Waals surface area contributed by atoms with Gasteiger partial charge in [0, 0.05) is 0 Å². The maximum Gasteiger partial charge on any atom is 0.339 e. The molecule has 5 rings (SSSR count). The maximum absolute atomic E-state index is 13.1. The summed E-state index contributed by atoms with van der Waals surface area (Å²) in [7, 11) is -0.221. The van der Waals surface area contributed by atoms with Gasteiger partial charge in [0.2, 0.25) is 0 Å². The van der Waals surface area contributed by atoms with Gasteiger partial charge in [-0.15, -0.1) is 0 Å². The molecule has 3 heteroatoms. The van der Waals surface area contributed by atoms with Crippen LogP contribution in [-0.2, 0) is 15.6 Å². The Bertz CT molecular complexity index is 1090. The summed E-state index contributed by atoms with van der Waals surface area (Å²) in [6, 6.07) is 29.1. The van der Waals surface area contributed by atoms with Crippen LogP contribution in [0.25, 0.3) is 0 Å². The number of hydrogen-bond donors (Lipinski definition) is 0. The average molecular weight is 440 g/mol. The summed E-state index contributed by atoms with van der Waals surface area (Å²) in [4.78, 5) is 16.8. The third kappa shape index (κ3) is 4.18. The molecule has 0 radical (unpaired) electrons. The van der Waals surface area contributed by atoms with Crippen LogP contribution in [0.1, 0.15) is 42.5 Å². The molecule has 3 aromatic carbocycles. The number of benzene rings is 3. The lowest BCUT2D eigenvalue weighted by atomic mass is 9.92. The molecule has 0 spiro atoms. The summed E-state index contributed by atoms with van der Waals surface area (Å²) in [6.07, 6.45) is 11.5. The van der Waals surface area contributed by atoms with Crippen molar-refractivity contribution in [2.24, 2.45) is 0 Å². The molecule has 2 nitrogen and oxygen atoms in total. The van der Waals surface area contributed by atoms with Gasteiger partial charge in [-0.3, -0.25) is 0 Å². The van der Waals surface area contributed by atoms with E-state index in [0.29, 0.717) is 5.56 Å². The average Bonchev–Trinajstić information content (AvgIpc) is 3.54. The molecule has 1 saturated carbocycles. The van der Waals surface area contributed by atoms with Crippen LogP contribution in [0.15, 0.2) is 123 Å². The lowest BCUT2D eigenvalue weighted by molar-refractivity contribution is 0.00319. The zero-order valence-corrected chi connectivity index (χ0v) is 18.9. The van der Waals surface area contributed by atoms with Crippen LogP contribution in [0, 0.1) is 0 Å². The zero-order valence-electron chi connectivity index (χ0n) is 18.1. The number of carbonyl (C=O) groups is 1. The van der Waals surface area contributed by atoms with E-state index in [4.69, 9.17) is 4.74 Å². The quantitative estimate of drug-likeness (QED) is 0.301. The minimum absolute atomic E-state index is 0.221. The molecular weight excluding hydrogens is 412 g/mol. The molecule has 0 unspecified atom stereocenters. The van der Waals surface area contributed by atoms with Crippen molar-refractivity contribution in [3.05, 3.63) is 114 Å². The largest absolute Gasteiger partial charge is 0.451 e. The summed E-state index contributed by atoms with van der Waals surface area (Å²) in [5.74, 6) is -0.223. The van der Waals surface area contributed by atoms with Gasteiger partial charge in [0.1, 0.15) is 5.60 Å². The molecule has 1 fully saturated rings. The number of carbonyl (C=O) groups excluding carboxylic acids is 1. The Labute approximate surface area is 193 Å². The Balaban J connectivity index is 1.41. The van der Waals surface area contributed by atoms with Crippen molar-refractivity contribution in [3.8, 4) is 0 Å². The smallest absolute Gasteiger partial charge is 0.339 e. The lowest BCUT2D eigenvalue weighted by Gasteiger charge is -2.30. The molecule has 0 saturated heterocycles. The highest BCUT2D eigenvalue weighted by atomic mass is 32.2. The maximum atomic E-state index is 13.1. The third-order valence-corrected chi connectivity index (χ3v) is 8.51. The standard InChI is InChI=1S/C29H27O2S/c30-28(31-29(21-9-10-22-29)24-11-7-8-12-24)23-17-19-27(20-18-23)32(25-13-3-1-4-14-25)26-15-5-2-6-16-26/h1-7,11-20H,8-10,21-22H2/q+1. The Morgan fingerprint density at radius 2 is 1.31 bits per heavy atom. The molecule has 2 aliphatic rings. The Morgan fingerprint density at radius 3 is 1.84 bits per heavy atom. The molecule has 0 heterocycles. The predicted molar refractivity (Wildman–Crippen MR) is 130 cm³/mol. The summed E-state index contributed by atoms with van der Waals surface area (Å²) < 4.78 is 6.18. The number of hydrogen-bond acceptors (Lipinski definition) is 2. The minimum atomic E-state index is -0.443. The van der Waals surface area contributed by atoms with E-state index < -0.39 is 5.60 Å². The first-order valence-corrected chi connectivity index (χ1v) is 12.5. The van der Waals surface area contributed by atoms with E-state index in [0.717, 1.165) is 32.1 Å². The van der Waals surface area contributed by atoms with Crippen LogP contribution >= 0.6 is 0 Å².